The van der Waals surface area contributed by atoms with Gasteiger partial charge in [-0.1, -0.05) is 35.2 Å². The average molecular weight is 414 g/mol. The maximum atomic E-state index is 13.9. The monoisotopic (exact) mass is 413 g/mol. The van der Waals surface area contributed by atoms with Crippen LogP contribution in [0.1, 0.15) is 30.7 Å². The van der Waals surface area contributed by atoms with Crippen molar-refractivity contribution in [1.82, 2.24) is 10.2 Å². The lowest BCUT2D eigenvalue weighted by Gasteiger charge is -2.38. The summed E-state index contributed by atoms with van der Waals surface area (Å²) in [5, 5.41) is 18.7. The molecule has 28 heavy (non-hydrogen) atoms. The molecule has 0 saturated carbocycles. The van der Waals surface area contributed by atoms with Crippen molar-refractivity contribution < 1.29 is 9.18 Å². The summed E-state index contributed by atoms with van der Waals surface area (Å²) in [5.74, 6) is -0.924. The van der Waals surface area contributed by atoms with E-state index in [4.69, 9.17) is 5.73 Å². The standard InChI is InChI=1S/C19H16FN5OS2/c1-27-19-24-23-18(28-19)25-13-6-3-7-14(26)16(13)15(12(9-21)17(25)22)10-4-2-5-11(20)8-10/h2,4-5,8,15H,3,6-7,22H2,1H3. The SMILES string of the molecule is CSc1nnc(N2C(N)=C(C#N)C(c3cccc(F)c3)C3=C2CCCC3=O)s1. The number of anilines is 1. The van der Waals surface area contributed by atoms with Crippen LogP contribution in [0.4, 0.5) is 9.52 Å². The Morgan fingerprint density at radius 1 is 1.39 bits per heavy atom. The number of hydrogen-bond donors (Lipinski definition) is 1. The predicted octanol–water partition coefficient (Wildman–Crippen LogP) is 3.70. The van der Waals surface area contributed by atoms with Crippen LogP contribution in [0.5, 0.6) is 0 Å². The first kappa shape index (κ1) is 18.7. The smallest absolute Gasteiger partial charge is 0.219 e. The summed E-state index contributed by atoms with van der Waals surface area (Å²) in [6, 6.07) is 8.14. The number of nitrogens with zero attached hydrogens (tertiary/aromatic N) is 4. The molecule has 6 nitrogen and oxygen atoms in total. The van der Waals surface area contributed by atoms with Gasteiger partial charge < -0.3 is 5.73 Å². The van der Waals surface area contributed by atoms with Crippen molar-refractivity contribution in [1.29, 1.82) is 5.26 Å². The van der Waals surface area contributed by atoms with Crippen molar-refractivity contribution in [3.05, 3.63) is 58.3 Å². The minimum Gasteiger partial charge on any atom is -0.384 e. The third kappa shape index (κ3) is 2.99. The largest absolute Gasteiger partial charge is 0.384 e. The number of carbonyl (C=O) groups is 1. The van der Waals surface area contributed by atoms with Gasteiger partial charge in [0.05, 0.1) is 17.6 Å². The molecule has 4 rings (SSSR count). The minimum atomic E-state index is -0.673. The van der Waals surface area contributed by atoms with E-state index >= 15 is 0 Å². The molecule has 2 heterocycles. The molecule has 1 aromatic heterocycles. The van der Waals surface area contributed by atoms with E-state index in [-0.39, 0.29) is 17.2 Å². The summed E-state index contributed by atoms with van der Waals surface area (Å²) in [5.41, 5.74) is 8.41. The summed E-state index contributed by atoms with van der Waals surface area (Å²) in [4.78, 5) is 14.6. The summed E-state index contributed by atoms with van der Waals surface area (Å²) < 4.78 is 14.7. The van der Waals surface area contributed by atoms with E-state index in [1.54, 1.807) is 17.0 Å². The van der Waals surface area contributed by atoms with E-state index in [0.29, 0.717) is 35.5 Å². The molecule has 0 amide bonds. The van der Waals surface area contributed by atoms with Crippen LogP contribution in [0.3, 0.4) is 0 Å². The van der Waals surface area contributed by atoms with E-state index in [1.807, 2.05) is 6.26 Å². The Morgan fingerprint density at radius 3 is 2.89 bits per heavy atom. The fourth-order valence-corrected chi connectivity index (χ4v) is 5.00. The van der Waals surface area contributed by atoms with Gasteiger partial charge in [0.25, 0.3) is 0 Å². The molecular weight excluding hydrogens is 397 g/mol. The molecule has 2 N–H and O–H groups in total. The van der Waals surface area contributed by atoms with E-state index < -0.39 is 11.7 Å². The first-order valence-electron chi connectivity index (χ1n) is 8.64. The van der Waals surface area contributed by atoms with Crippen LogP contribution in [0.2, 0.25) is 0 Å². The molecule has 0 saturated heterocycles. The quantitative estimate of drug-likeness (QED) is 0.766. The Morgan fingerprint density at radius 2 is 2.21 bits per heavy atom. The lowest BCUT2D eigenvalue weighted by atomic mass is 9.76. The van der Waals surface area contributed by atoms with Gasteiger partial charge in [-0.2, -0.15) is 5.26 Å². The summed E-state index contributed by atoms with van der Waals surface area (Å²) >= 11 is 2.81. The molecule has 1 aliphatic heterocycles. The van der Waals surface area contributed by atoms with E-state index in [2.05, 4.69) is 16.3 Å². The highest BCUT2D eigenvalue weighted by molar-refractivity contribution is 8.00. The maximum Gasteiger partial charge on any atom is 0.219 e. The van der Waals surface area contributed by atoms with E-state index in [1.165, 1.54) is 35.2 Å². The molecule has 1 unspecified atom stereocenters. The van der Waals surface area contributed by atoms with Gasteiger partial charge in [0.2, 0.25) is 5.13 Å². The third-order valence-electron chi connectivity index (χ3n) is 4.86. The first-order valence-corrected chi connectivity index (χ1v) is 10.7. The Labute approximate surface area is 169 Å². The molecule has 0 bridgehead atoms. The number of ketones is 1. The molecule has 2 aromatic rings. The van der Waals surface area contributed by atoms with Crippen molar-refractivity contribution in [2.24, 2.45) is 5.73 Å². The molecule has 0 fully saturated rings. The van der Waals surface area contributed by atoms with Crippen molar-refractivity contribution in [2.45, 2.75) is 29.5 Å². The molecule has 0 radical (unpaired) electrons. The number of nitrogens with two attached hydrogens (primary N) is 1. The number of nitriles is 1. The number of carbonyl (C=O) groups excluding carboxylic acids is 1. The maximum absolute atomic E-state index is 13.9. The Hall–Kier alpha value is -2.70. The highest BCUT2D eigenvalue weighted by Gasteiger charge is 2.41. The second-order valence-corrected chi connectivity index (χ2v) is 8.44. The van der Waals surface area contributed by atoms with Gasteiger partial charge in [-0.05, 0) is 36.8 Å². The van der Waals surface area contributed by atoms with E-state index in [9.17, 15) is 14.4 Å². The number of thioether (sulfide) groups is 1. The van der Waals surface area contributed by atoms with Gasteiger partial charge in [0, 0.05) is 17.7 Å². The van der Waals surface area contributed by atoms with Crippen molar-refractivity contribution in [3.8, 4) is 6.07 Å². The van der Waals surface area contributed by atoms with Crippen molar-refractivity contribution in [3.63, 3.8) is 0 Å². The lowest BCUT2D eigenvalue weighted by Crippen LogP contribution is -2.38. The highest BCUT2D eigenvalue weighted by atomic mass is 32.2. The van der Waals surface area contributed by atoms with Crippen molar-refractivity contribution in [2.75, 3.05) is 11.2 Å². The zero-order valence-electron chi connectivity index (χ0n) is 15.0. The van der Waals surface area contributed by atoms with Crippen molar-refractivity contribution >= 4 is 34.0 Å². The number of benzene rings is 1. The van der Waals surface area contributed by atoms with E-state index in [0.717, 1.165) is 10.0 Å². The summed E-state index contributed by atoms with van der Waals surface area (Å²) in [6.07, 6.45) is 3.60. The number of hydrogen-bond acceptors (Lipinski definition) is 8. The molecule has 9 heteroatoms. The van der Waals surface area contributed by atoms with Crippen LogP contribution in [-0.4, -0.2) is 22.2 Å². The number of Topliss-reactive ketones (excluding diaryl/α,β-unsaturated/α-hetero) is 1. The van der Waals surface area contributed by atoms with Gasteiger partial charge in [-0.3, -0.25) is 9.69 Å². The first-order chi connectivity index (χ1) is 13.5. The molecular formula is C19H16FN5OS2. The fraction of sp³-hybridized carbons (Fsp3) is 0.263. The summed E-state index contributed by atoms with van der Waals surface area (Å²) in [7, 11) is 0. The molecule has 2 aliphatic rings. The van der Waals surface area contributed by atoms with Crippen LogP contribution in [0.15, 0.2) is 51.3 Å². The van der Waals surface area contributed by atoms with Crippen LogP contribution in [0.25, 0.3) is 0 Å². The predicted molar refractivity (Wildman–Crippen MR) is 106 cm³/mol. The van der Waals surface area contributed by atoms with Gasteiger partial charge in [0.1, 0.15) is 11.6 Å². The van der Waals surface area contributed by atoms with Gasteiger partial charge in [-0.25, -0.2) is 4.39 Å². The number of allylic oxidation sites excluding steroid dienone is 3. The average Bonchev–Trinajstić information content (AvgIpc) is 3.16. The molecule has 1 atom stereocenters. The van der Waals surface area contributed by atoms with Crippen LogP contribution >= 0.6 is 23.1 Å². The highest BCUT2D eigenvalue weighted by Crippen LogP contribution is 2.47. The Balaban J connectivity index is 1.95. The number of aromatic nitrogens is 2. The normalized spacial score (nSPS) is 19.7. The molecule has 0 spiro atoms. The Bertz CT molecular complexity index is 1070. The van der Waals surface area contributed by atoms with Crippen LogP contribution < -0.4 is 10.6 Å². The third-order valence-corrected chi connectivity index (χ3v) is 6.74. The van der Waals surface area contributed by atoms with Gasteiger partial charge >= 0.3 is 0 Å². The molecule has 1 aliphatic carbocycles. The number of rotatable bonds is 3. The number of halogens is 1. The van der Waals surface area contributed by atoms with Gasteiger partial charge in [-0.15, -0.1) is 10.2 Å². The molecule has 142 valence electrons. The summed E-state index contributed by atoms with van der Waals surface area (Å²) in [6.45, 7) is 0. The second kappa shape index (κ2) is 7.37. The van der Waals surface area contributed by atoms with Crippen LogP contribution in [0, 0.1) is 17.1 Å². The topological polar surface area (TPSA) is 95.9 Å². The zero-order valence-corrected chi connectivity index (χ0v) is 16.6. The lowest BCUT2D eigenvalue weighted by molar-refractivity contribution is -0.116. The van der Waals surface area contributed by atoms with Gasteiger partial charge in [0.15, 0.2) is 10.1 Å². The second-order valence-electron chi connectivity index (χ2n) is 6.43. The molecule has 1 aromatic carbocycles. The fourth-order valence-electron chi connectivity index (χ4n) is 3.70. The Kier molecular flexibility index (Phi) is 4.91. The zero-order chi connectivity index (χ0) is 19.8. The minimum absolute atomic E-state index is 0.0460. The van der Waals surface area contributed by atoms with Crippen LogP contribution in [-0.2, 0) is 4.79 Å².